The lowest BCUT2D eigenvalue weighted by Crippen LogP contribution is -2.35. The standard InChI is InChI=1S/C17H22FNO3/c1-11(19-17(20)16-3-2-8-21-16)13-6-7-15(14(18)9-13)22-10-12-4-5-12/h6-7,9,11-12,16H,2-5,8,10H2,1H3,(H,19,20). The van der Waals surface area contributed by atoms with Crippen molar-refractivity contribution in [3.05, 3.63) is 29.6 Å². The first-order valence-electron chi connectivity index (χ1n) is 7.97. The van der Waals surface area contributed by atoms with Crippen molar-refractivity contribution in [1.82, 2.24) is 5.32 Å². The molecule has 1 saturated carbocycles. The fourth-order valence-electron chi connectivity index (χ4n) is 2.57. The van der Waals surface area contributed by atoms with Crippen LogP contribution >= 0.6 is 0 Å². The Morgan fingerprint density at radius 3 is 2.91 bits per heavy atom. The zero-order valence-corrected chi connectivity index (χ0v) is 12.8. The normalized spacial score (nSPS) is 22.4. The first-order chi connectivity index (χ1) is 10.6. The van der Waals surface area contributed by atoms with Gasteiger partial charge in [-0.2, -0.15) is 0 Å². The van der Waals surface area contributed by atoms with E-state index in [1.54, 1.807) is 12.1 Å². The molecule has 1 aromatic rings. The smallest absolute Gasteiger partial charge is 0.249 e. The van der Waals surface area contributed by atoms with E-state index in [1.807, 2.05) is 6.92 Å². The summed E-state index contributed by atoms with van der Waals surface area (Å²) in [6.07, 6.45) is 3.64. The van der Waals surface area contributed by atoms with Crippen LogP contribution < -0.4 is 10.1 Å². The van der Waals surface area contributed by atoms with Crippen LogP contribution in [-0.4, -0.2) is 25.2 Å². The summed E-state index contributed by atoms with van der Waals surface area (Å²) in [4.78, 5) is 12.0. The second-order valence-electron chi connectivity index (χ2n) is 6.18. The van der Waals surface area contributed by atoms with Crippen molar-refractivity contribution in [2.75, 3.05) is 13.2 Å². The minimum absolute atomic E-state index is 0.125. The van der Waals surface area contributed by atoms with Crippen LogP contribution in [0.2, 0.25) is 0 Å². The third kappa shape index (κ3) is 3.77. The average molecular weight is 307 g/mol. The second kappa shape index (κ2) is 6.65. The van der Waals surface area contributed by atoms with Gasteiger partial charge in [0.15, 0.2) is 11.6 Å². The Kier molecular flexibility index (Phi) is 4.62. The molecule has 1 aliphatic carbocycles. The van der Waals surface area contributed by atoms with Crippen molar-refractivity contribution in [3.8, 4) is 5.75 Å². The summed E-state index contributed by atoms with van der Waals surface area (Å²) in [7, 11) is 0. The van der Waals surface area contributed by atoms with Crippen LogP contribution in [-0.2, 0) is 9.53 Å². The molecule has 0 spiro atoms. The molecule has 0 bridgehead atoms. The summed E-state index contributed by atoms with van der Waals surface area (Å²) < 4.78 is 24.9. The molecule has 1 heterocycles. The van der Waals surface area contributed by atoms with E-state index in [9.17, 15) is 9.18 Å². The molecule has 5 heteroatoms. The lowest BCUT2D eigenvalue weighted by molar-refractivity contribution is -0.130. The molecule has 3 rings (SSSR count). The summed E-state index contributed by atoms with van der Waals surface area (Å²) in [5.41, 5.74) is 0.725. The quantitative estimate of drug-likeness (QED) is 0.879. The predicted octanol–water partition coefficient (Wildman–Crippen LogP) is 2.97. The first kappa shape index (κ1) is 15.3. The summed E-state index contributed by atoms with van der Waals surface area (Å²) >= 11 is 0. The number of amides is 1. The molecule has 1 amide bonds. The van der Waals surface area contributed by atoms with Crippen molar-refractivity contribution in [2.45, 2.75) is 44.8 Å². The third-order valence-electron chi connectivity index (χ3n) is 4.21. The Balaban J connectivity index is 1.57. The zero-order chi connectivity index (χ0) is 15.5. The SMILES string of the molecule is CC(NC(=O)C1CCCO1)c1ccc(OCC2CC2)c(F)c1. The molecule has 1 aromatic carbocycles. The van der Waals surface area contributed by atoms with Gasteiger partial charge in [-0.15, -0.1) is 0 Å². The monoisotopic (exact) mass is 307 g/mol. The predicted molar refractivity (Wildman–Crippen MR) is 80.2 cm³/mol. The van der Waals surface area contributed by atoms with Crippen LogP contribution in [0, 0.1) is 11.7 Å². The summed E-state index contributed by atoms with van der Waals surface area (Å²) in [6.45, 7) is 3.06. The molecule has 120 valence electrons. The molecular weight excluding hydrogens is 285 g/mol. The van der Waals surface area contributed by atoms with Gasteiger partial charge in [0.05, 0.1) is 12.6 Å². The highest BCUT2D eigenvalue weighted by Gasteiger charge is 2.25. The molecule has 22 heavy (non-hydrogen) atoms. The Morgan fingerprint density at radius 1 is 1.45 bits per heavy atom. The molecule has 1 aliphatic heterocycles. The van der Waals surface area contributed by atoms with E-state index >= 15 is 0 Å². The van der Waals surface area contributed by atoms with Crippen molar-refractivity contribution in [3.63, 3.8) is 0 Å². The van der Waals surface area contributed by atoms with Crippen LogP contribution in [0.25, 0.3) is 0 Å². The molecule has 2 fully saturated rings. The van der Waals surface area contributed by atoms with Gasteiger partial charge in [0.2, 0.25) is 5.91 Å². The fourth-order valence-corrected chi connectivity index (χ4v) is 2.57. The maximum atomic E-state index is 14.1. The largest absolute Gasteiger partial charge is 0.490 e. The highest BCUT2D eigenvalue weighted by molar-refractivity contribution is 5.81. The molecule has 0 aromatic heterocycles. The van der Waals surface area contributed by atoms with Crippen molar-refractivity contribution in [2.24, 2.45) is 5.92 Å². The third-order valence-corrected chi connectivity index (χ3v) is 4.21. The van der Waals surface area contributed by atoms with Crippen LogP contribution in [0.3, 0.4) is 0 Å². The van der Waals surface area contributed by atoms with Gasteiger partial charge in [-0.05, 0) is 56.2 Å². The highest BCUT2D eigenvalue weighted by Crippen LogP contribution is 2.30. The first-order valence-corrected chi connectivity index (χ1v) is 7.97. The number of carbonyl (C=O) groups excluding carboxylic acids is 1. The summed E-state index contributed by atoms with van der Waals surface area (Å²) in [5, 5.41) is 2.87. The van der Waals surface area contributed by atoms with Crippen molar-refractivity contribution >= 4 is 5.91 Å². The summed E-state index contributed by atoms with van der Waals surface area (Å²) in [5.74, 6) is 0.368. The van der Waals surface area contributed by atoms with Crippen LogP contribution in [0.4, 0.5) is 4.39 Å². The number of rotatable bonds is 6. The van der Waals surface area contributed by atoms with E-state index < -0.39 is 0 Å². The molecule has 0 radical (unpaired) electrons. The molecule has 2 aliphatic rings. The fraction of sp³-hybridized carbons (Fsp3) is 0.588. The van der Waals surface area contributed by atoms with Crippen LogP contribution in [0.15, 0.2) is 18.2 Å². The van der Waals surface area contributed by atoms with E-state index in [4.69, 9.17) is 9.47 Å². The van der Waals surface area contributed by atoms with Crippen LogP contribution in [0.5, 0.6) is 5.75 Å². The molecule has 4 nitrogen and oxygen atoms in total. The van der Waals surface area contributed by atoms with Crippen LogP contribution in [0.1, 0.15) is 44.2 Å². The number of ether oxygens (including phenoxy) is 2. The van der Waals surface area contributed by atoms with Gasteiger partial charge in [0.25, 0.3) is 0 Å². The van der Waals surface area contributed by atoms with Gasteiger partial charge in [0, 0.05) is 6.61 Å². The van der Waals surface area contributed by atoms with E-state index in [0.29, 0.717) is 19.1 Å². The Morgan fingerprint density at radius 2 is 2.27 bits per heavy atom. The van der Waals surface area contributed by atoms with E-state index in [-0.39, 0.29) is 29.6 Å². The lowest BCUT2D eigenvalue weighted by Gasteiger charge is -2.18. The van der Waals surface area contributed by atoms with E-state index in [2.05, 4.69) is 5.32 Å². The maximum absolute atomic E-state index is 14.1. The minimum Gasteiger partial charge on any atom is -0.490 e. The molecular formula is C17H22FNO3. The zero-order valence-electron chi connectivity index (χ0n) is 12.8. The Bertz CT molecular complexity index is 539. The number of benzene rings is 1. The number of hydrogen-bond donors (Lipinski definition) is 1. The Labute approximate surface area is 130 Å². The van der Waals surface area contributed by atoms with Gasteiger partial charge in [-0.25, -0.2) is 4.39 Å². The van der Waals surface area contributed by atoms with Gasteiger partial charge < -0.3 is 14.8 Å². The summed E-state index contributed by atoms with van der Waals surface area (Å²) in [6, 6.07) is 4.61. The van der Waals surface area contributed by atoms with Crippen molar-refractivity contribution < 1.29 is 18.7 Å². The van der Waals surface area contributed by atoms with Gasteiger partial charge in [-0.1, -0.05) is 6.07 Å². The Hall–Kier alpha value is -1.62. The number of halogens is 1. The van der Waals surface area contributed by atoms with Gasteiger partial charge >= 0.3 is 0 Å². The topological polar surface area (TPSA) is 47.6 Å². The van der Waals surface area contributed by atoms with Gasteiger partial charge in [0.1, 0.15) is 6.10 Å². The van der Waals surface area contributed by atoms with Gasteiger partial charge in [-0.3, -0.25) is 4.79 Å². The minimum atomic E-state index is -0.378. The lowest BCUT2D eigenvalue weighted by atomic mass is 10.1. The number of nitrogens with one attached hydrogen (secondary N) is 1. The molecule has 2 atom stereocenters. The average Bonchev–Trinajstić information content (AvgIpc) is 3.16. The molecule has 1 saturated heterocycles. The highest BCUT2D eigenvalue weighted by atomic mass is 19.1. The molecule has 2 unspecified atom stereocenters. The maximum Gasteiger partial charge on any atom is 0.249 e. The molecule has 1 N–H and O–H groups in total. The second-order valence-corrected chi connectivity index (χ2v) is 6.18. The number of carbonyl (C=O) groups is 1. The number of hydrogen-bond acceptors (Lipinski definition) is 3. The van der Waals surface area contributed by atoms with E-state index in [1.165, 1.54) is 18.9 Å². The van der Waals surface area contributed by atoms with E-state index in [0.717, 1.165) is 18.4 Å². The van der Waals surface area contributed by atoms with Crippen molar-refractivity contribution in [1.29, 1.82) is 0 Å².